The largest absolute Gasteiger partial charge is 0.298 e. The van der Waals surface area contributed by atoms with Crippen LogP contribution < -0.4 is 0 Å². The van der Waals surface area contributed by atoms with Crippen molar-refractivity contribution in [3.05, 3.63) is 5.82 Å². The van der Waals surface area contributed by atoms with E-state index in [1.165, 1.54) is 51.4 Å². The molecule has 0 radical (unpaired) electrons. The van der Waals surface area contributed by atoms with Crippen LogP contribution in [0.15, 0.2) is 0 Å². The average molecular weight is 401 g/mol. The summed E-state index contributed by atoms with van der Waals surface area (Å²) in [5, 5.41) is 11.6. The summed E-state index contributed by atoms with van der Waals surface area (Å²) in [4.78, 5) is 13.0. The van der Waals surface area contributed by atoms with Gasteiger partial charge < -0.3 is 0 Å². The molecule has 1 aromatic heterocycles. The van der Waals surface area contributed by atoms with Crippen molar-refractivity contribution in [2.45, 2.75) is 99.0 Å². The van der Waals surface area contributed by atoms with Gasteiger partial charge in [0, 0.05) is 6.42 Å². The van der Waals surface area contributed by atoms with E-state index in [1.807, 2.05) is 6.92 Å². The Kier molecular flexibility index (Phi) is 5.63. The van der Waals surface area contributed by atoms with Gasteiger partial charge >= 0.3 is 0 Å². The molecule has 0 N–H and O–H groups in total. The van der Waals surface area contributed by atoms with Gasteiger partial charge in [-0.25, -0.2) is 4.68 Å². The maximum atomic E-state index is 13.0. The first-order chi connectivity index (χ1) is 13.8. The van der Waals surface area contributed by atoms with Gasteiger partial charge in [0.25, 0.3) is 0 Å². The van der Waals surface area contributed by atoms with Crippen LogP contribution in [0.3, 0.4) is 0 Å². The molecule has 3 aliphatic rings. The number of fused-ring (bicyclic) bond motifs is 3. The first-order valence-electron chi connectivity index (χ1n) is 12.0. The number of carbonyl (C=O) groups is 1. The van der Waals surface area contributed by atoms with E-state index in [9.17, 15) is 4.79 Å². The highest BCUT2D eigenvalue weighted by Gasteiger charge is 2.56. The minimum atomic E-state index is 0.125. The fourth-order valence-electron chi connectivity index (χ4n) is 7.95. The topological polar surface area (TPSA) is 60.7 Å². The lowest BCUT2D eigenvalue weighted by Crippen LogP contribution is -2.53. The SMILES string of the molecule is CCC1C2CCC3CC(C)CCC3(C)C2CCC1(C)CC(=O)Cn1nnnc1C. The molecule has 3 saturated carbocycles. The van der Waals surface area contributed by atoms with Gasteiger partial charge in [0.05, 0.1) is 0 Å². The third-order valence-corrected chi connectivity index (χ3v) is 9.52. The molecular weight excluding hydrogens is 360 g/mol. The normalized spacial score (nSPS) is 42.2. The highest BCUT2D eigenvalue weighted by molar-refractivity contribution is 5.78. The number of ketones is 1. The predicted molar refractivity (Wildman–Crippen MR) is 114 cm³/mol. The van der Waals surface area contributed by atoms with Crippen LogP contribution in [0.5, 0.6) is 0 Å². The van der Waals surface area contributed by atoms with Crippen molar-refractivity contribution in [3.63, 3.8) is 0 Å². The number of aromatic nitrogens is 4. The molecule has 0 bridgehead atoms. The first-order valence-corrected chi connectivity index (χ1v) is 12.0. The fraction of sp³-hybridized carbons (Fsp3) is 0.917. The molecule has 0 amide bonds. The number of hydrogen-bond acceptors (Lipinski definition) is 4. The van der Waals surface area contributed by atoms with Gasteiger partial charge in [-0.3, -0.25) is 4.79 Å². The van der Waals surface area contributed by atoms with Crippen LogP contribution in [0, 0.1) is 47.3 Å². The van der Waals surface area contributed by atoms with Crippen molar-refractivity contribution < 1.29 is 4.79 Å². The van der Waals surface area contributed by atoms with Gasteiger partial charge in [0.2, 0.25) is 0 Å². The van der Waals surface area contributed by atoms with Crippen LogP contribution in [0.1, 0.15) is 91.3 Å². The predicted octanol–water partition coefficient (Wildman–Crippen LogP) is 5.24. The number of aryl methyl sites for hydroxylation is 1. The second kappa shape index (κ2) is 7.77. The number of Topliss-reactive ketones (excluding diaryl/α,β-unsaturated/α-hetero) is 1. The molecule has 4 rings (SSSR count). The Labute approximate surface area is 176 Å². The molecule has 5 heteroatoms. The monoisotopic (exact) mass is 400 g/mol. The third-order valence-electron chi connectivity index (χ3n) is 9.52. The van der Waals surface area contributed by atoms with Gasteiger partial charge in [-0.1, -0.05) is 40.5 Å². The summed E-state index contributed by atoms with van der Waals surface area (Å²) >= 11 is 0. The molecule has 0 spiro atoms. The zero-order valence-electron chi connectivity index (χ0n) is 19.2. The molecule has 0 aromatic carbocycles. The van der Waals surface area contributed by atoms with Crippen molar-refractivity contribution in [3.8, 4) is 0 Å². The summed E-state index contributed by atoms with van der Waals surface area (Å²) in [5.74, 6) is 5.17. The lowest BCUT2D eigenvalue weighted by Gasteiger charge is -2.61. The fourth-order valence-corrected chi connectivity index (χ4v) is 7.95. The molecule has 3 fully saturated rings. The Morgan fingerprint density at radius 2 is 1.97 bits per heavy atom. The van der Waals surface area contributed by atoms with E-state index in [-0.39, 0.29) is 11.2 Å². The summed E-state index contributed by atoms with van der Waals surface area (Å²) < 4.78 is 1.65. The van der Waals surface area contributed by atoms with Crippen LogP contribution in [0.4, 0.5) is 0 Å². The average Bonchev–Trinajstić information content (AvgIpc) is 3.06. The number of rotatable bonds is 5. The Morgan fingerprint density at radius 3 is 2.66 bits per heavy atom. The first kappa shape index (κ1) is 21.0. The lowest BCUT2D eigenvalue weighted by molar-refractivity contribution is -0.135. The summed E-state index contributed by atoms with van der Waals surface area (Å²) in [5.41, 5.74) is 0.664. The van der Waals surface area contributed by atoms with Gasteiger partial charge in [-0.2, -0.15) is 0 Å². The molecule has 5 nitrogen and oxygen atoms in total. The maximum absolute atomic E-state index is 13.0. The Morgan fingerprint density at radius 1 is 1.17 bits per heavy atom. The van der Waals surface area contributed by atoms with Crippen molar-refractivity contribution in [1.29, 1.82) is 0 Å². The van der Waals surface area contributed by atoms with Crippen LogP contribution in [0.2, 0.25) is 0 Å². The van der Waals surface area contributed by atoms with Gasteiger partial charge in [0.1, 0.15) is 12.4 Å². The quantitative estimate of drug-likeness (QED) is 0.678. The third kappa shape index (κ3) is 3.67. The molecule has 29 heavy (non-hydrogen) atoms. The minimum absolute atomic E-state index is 0.125. The molecule has 0 saturated heterocycles. The zero-order chi connectivity index (χ0) is 20.8. The summed E-state index contributed by atoms with van der Waals surface area (Å²) in [6.07, 6.45) is 11.5. The lowest BCUT2D eigenvalue weighted by atomic mass is 9.43. The van der Waals surface area contributed by atoms with Crippen LogP contribution in [-0.2, 0) is 11.3 Å². The van der Waals surface area contributed by atoms with Crippen molar-refractivity contribution in [2.24, 2.45) is 40.4 Å². The van der Waals surface area contributed by atoms with E-state index < -0.39 is 0 Å². The highest BCUT2D eigenvalue weighted by atomic mass is 16.1. The summed E-state index contributed by atoms with van der Waals surface area (Å²) in [6, 6.07) is 0. The molecule has 3 aliphatic carbocycles. The Bertz CT molecular complexity index is 745. The van der Waals surface area contributed by atoms with Gasteiger partial charge in [-0.15, -0.1) is 5.10 Å². The van der Waals surface area contributed by atoms with E-state index in [4.69, 9.17) is 0 Å². The summed E-state index contributed by atoms with van der Waals surface area (Å²) in [6.45, 7) is 12.0. The molecule has 0 aliphatic heterocycles. The van der Waals surface area contributed by atoms with E-state index >= 15 is 0 Å². The van der Waals surface area contributed by atoms with E-state index in [0.717, 1.165) is 29.5 Å². The zero-order valence-corrected chi connectivity index (χ0v) is 19.2. The van der Waals surface area contributed by atoms with E-state index in [0.29, 0.717) is 24.3 Å². The second-order valence-electron chi connectivity index (χ2n) is 11.2. The Hall–Kier alpha value is -1.26. The molecular formula is C24H40N4O. The molecule has 7 atom stereocenters. The molecule has 1 heterocycles. The van der Waals surface area contributed by atoms with Crippen LogP contribution in [0.25, 0.3) is 0 Å². The van der Waals surface area contributed by atoms with Crippen molar-refractivity contribution in [2.75, 3.05) is 0 Å². The van der Waals surface area contributed by atoms with Crippen molar-refractivity contribution >= 4 is 5.78 Å². The number of hydrogen-bond donors (Lipinski definition) is 0. The minimum Gasteiger partial charge on any atom is -0.298 e. The molecule has 162 valence electrons. The number of nitrogens with zero attached hydrogens (tertiary/aromatic N) is 4. The second-order valence-corrected chi connectivity index (χ2v) is 11.2. The highest BCUT2D eigenvalue weighted by Crippen LogP contribution is 2.64. The van der Waals surface area contributed by atoms with Gasteiger partial charge in [-0.05, 0) is 96.3 Å². The standard InChI is InChI=1S/C24H40N4O/c1-6-21-20-8-7-18-13-16(2)9-12-24(18,5)22(20)10-11-23(21,4)14-19(29)15-28-17(3)25-26-27-28/h16,18,20-22H,6-15H2,1-5H3. The van der Waals surface area contributed by atoms with Gasteiger partial charge in [0.15, 0.2) is 5.78 Å². The molecule has 7 unspecified atom stereocenters. The van der Waals surface area contributed by atoms with Crippen LogP contribution >= 0.6 is 0 Å². The summed E-state index contributed by atoms with van der Waals surface area (Å²) in [7, 11) is 0. The number of carbonyl (C=O) groups excluding carboxylic acids is 1. The molecule has 1 aromatic rings. The smallest absolute Gasteiger partial charge is 0.154 e. The maximum Gasteiger partial charge on any atom is 0.154 e. The van der Waals surface area contributed by atoms with E-state index in [1.54, 1.807) is 4.68 Å². The Balaban J connectivity index is 1.50. The van der Waals surface area contributed by atoms with Crippen LogP contribution in [-0.4, -0.2) is 26.0 Å². The number of tetrazole rings is 1. The van der Waals surface area contributed by atoms with Crippen molar-refractivity contribution in [1.82, 2.24) is 20.2 Å². The van der Waals surface area contributed by atoms with E-state index in [2.05, 4.69) is 43.2 Å².